The third kappa shape index (κ3) is 3.65. The summed E-state index contributed by atoms with van der Waals surface area (Å²) in [6.07, 6.45) is 13.6. The first-order chi connectivity index (χ1) is 9.78. The van der Waals surface area contributed by atoms with Crippen molar-refractivity contribution in [1.82, 2.24) is 5.32 Å². The van der Waals surface area contributed by atoms with Gasteiger partial charge in [0.1, 0.15) is 0 Å². The Hall–Kier alpha value is 0.110. The van der Waals surface area contributed by atoms with Gasteiger partial charge in [0.25, 0.3) is 0 Å². The molecule has 20 heavy (non-hydrogen) atoms. The summed E-state index contributed by atoms with van der Waals surface area (Å²) in [5, 5.41) is 4.37. The third-order valence-electron chi connectivity index (χ3n) is 5.78. The van der Waals surface area contributed by atoms with Crippen LogP contribution in [0.25, 0.3) is 0 Å². The highest BCUT2D eigenvalue weighted by Gasteiger charge is 2.36. The minimum absolute atomic E-state index is 0.426. The maximum absolute atomic E-state index is 12.3. The number of rotatable bonds is 5. The molecular weight excluding hydrogens is 266 g/mol. The SMILES string of the molecule is CC[S@](=O)[C@@H]1CCCC[C@@H]1N[C@@H]1CCC[C@@H](C2CC2)C1. The molecule has 0 amide bonds. The van der Waals surface area contributed by atoms with E-state index in [0.29, 0.717) is 17.3 Å². The molecule has 3 aliphatic rings. The molecule has 0 unspecified atom stereocenters. The predicted octanol–water partition coefficient (Wildman–Crippen LogP) is 3.62. The van der Waals surface area contributed by atoms with Crippen LogP contribution >= 0.6 is 0 Å². The Morgan fingerprint density at radius 3 is 2.50 bits per heavy atom. The number of nitrogens with one attached hydrogen (secondary N) is 1. The lowest BCUT2D eigenvalue weighted by atomic mass is 9.82. The van der Waals surface area contributed by atoms with E-state index in [1.165, 1.54) is 64.2 Å². The average molecular weight is 298 g/mol. The first-order valence-electron chi connectivity index (χ1n) is 8.91. The quantitative estimate of drug-likeness (QED) is 0.839. The van der Waals surface area contributed by atoms with E-state index in [9.17, 15) is 4.21 Å². The second-order valence-corrected chi connectivity index (χ2v) is 9.17. The van der Waals surface area contributed by atoms with Crippen LogP contribution in [-0.2, 0) is 10.8 Å². The highest BCUT2D eigenvalue weighted by atomic mass is 32.2. The lowest BCUT2D eigenvalue weighted by Crippen LogP contribution is -2.50. The molecule has 2 nitrogen and oxygen atoms in total. The van der Waals surface area contributed by atoms with Crippen molar-refractivity contribution in [2.75, 3.05) is 5.75 Å². The lowest BCUT2D eigenvalue weighted by Gasteiger charge is -2.37. The Morgan fingerprint density at radius 1 is 0.950 bits per heavy atom. The van der Waals surface area contributed by atoms with E-state index in [-0.39, 0.29) is 0 Å². The van der Waals surface area contributed by atoms with Crippen molar-refractivity contribution in [3.05, 3.63) is 0 Å². The van der Waals surface area contributed by atoms with E-state index in [1.54, 1.807) is 0 Å². The minimum Gasteiger partial charge on any atom is -0.310 e. The monoisotopic (exact) mass is 297 g/mol. The lowest BCUT2D eigenvalue weighted by molar-refractivity contribution is 0.231. The summed E-state index contributed by atoms with van der Waals surface area (Å²) < 4.78 is 12.3. The molecule has 3 heteroatoms. The Bertz CT molecular complexity index is 342. The molecule has 0 radical (unpaired) electrons. The molecule has 3 saturated carbocycles. The molecule has 0 aromatic carbocycles. The molecule has 0 saturated heterocycles. The molecular formula is C17H31NOS. The minimum atomic E-state index is -0.616. The van der Waals surface area contributed by atoms with Crippen LogP contribution < -0.4 is 5.32 Å². The average Bonchev–Trinajstić information content (AvgIpc) is 3.32. The van der Waals surface area contributed by atoms with Crippen LogP contribution in [0.1, 0.15) is 71.1 Å². The fourth-order valence-corrected chi connectivity index (χ4v) is 5.93. The Labute approximate surface area is 126 Å². The van der Waals surface area contributed by atoms with E-state index < -0.39 is 10.8 Å². The summed E-state index contributed by atoms with van der Waals surface area (Å²) in [5.41, 5.74) is 0. The van der Waals surface area contributed by atoms with Crippen LogP contribution in [-0.4, -0.2) is 27.3 Å². The fourth-order valence-electron chi connectivity index (χ4n) is 4.49. The van der Waals surface area contributed by atoms with Crippen LogP contribution in [0.2, 0.25) is 0 Å². The standard InChI is InChI=1S/C17H31NOS/c1-2-20(19)17-9-4-3-8-16(17)18-15-7-5-6-14(12-15)13-10-11-13/h13-18H,2-12H2,1H3/t14-,15-,16+,17-,20+/m1/s1. The van der Waals surface area contributed by atoms with Crippen molar-refractivity contribution in [3.63, 3.8) is 0 Å². The van der Waals surface area contributed by atoms with Crippen molar-refractivity contribution < 1.29 is 4.21 Å². The van der Waals surface area contributed by atoms with Gasteiger partial charge in [-0.25, -0.2) is 0 Å². The topological polar surface area (TPSA) is 29.1 Å². The largest absolute Gasteiger partial charge is 0.310 e. The van der Waals surface area contributed by atoms with Gasteiger partial charge in [-0.1, -0.05) is 32.6 Å². The number of hydrogen-bond donors (Lipinski definition) is 1. The molecule has 5 atom stereocenters. The molecule has 3 fully saturated rings. The molecule has 0 aliphatic heterocycles. The predicted molar refractivity (Wildman–Crippen MR) is 86.3 cm³/mol. The number of hydrogen-bond acceptors (Lipinski definition) is 2. The molecule has 0 aromatic rings. The van der Waals surface area contributed by atoms with Crippen LogP contribution in [0.4, 0.5) is 0 Å². The van der Waals surface area contributed by atoms with Crippen molar-refractivity contribution in [3.8, 4) is 0 Å². The van der Waals surface area contributed by atoms with Gasteiger partial charge in [-0.2, -0.15) is 0 Å². The fraction of sp³-hybridized carbons (Fsp3) is 1.00. The Kier molecular flexibility index (Phi) is 5.19. The molecule has 3 rings (SSSR count). The molecule has 0 aromatic heterocycles. The van der Waals surface area contributed by atoms with Crippen molar-refractivity contribution in [1.29, 1.82) is 0 Å². The van der Waals surface area contributed by atoms with Crippen molar-refractivity contribution >= 4 is 10.8 Å². The molecule has 116 valence electrons. The van der Waals surface area contributed by atoms with Gasteiger partial charge in [-0.15, -0.1) is 0 Å². The third-order valence-corrected chi connectivity index (χ3v) is 7.59. The van der Waals surface area contributed by atoms with Gasteiger partial charge < -0.3 is 5.32 Å². The summed E-state index contributed by atoms with van der Waals surface area (Å²) >= 11 is 0. The Morgan fingerprint density at radius 2 is 1.75 bits per heavy atom. The van der Waals surface area contributed by atoms with Gasteiger partial charge in [0.05, 0.1) is 5.25 Å². The zero-order valence-electron chi connectivity index (χ0n) is 13.0. The summed E-state index contributed by atoms with van der Waals surface area (Å²) in [4.78, 5) is 0. The van der Waals surface area contributed by atoms with Gasteiger partial charge in [-0.3, -0.25) is 4.21 Å². The zero-order valence-corrected chi connectivity index (χ0v) is 13.8. The van der Waals surface area contributed by atoms with Gasteiger partial charge in [-0.05, 0) is 50.4 Å². The summed E-state index contributed by atoms with van der Waals surface area (Å²) in [5.74, 6) is 2.89. The van der Waals surface area contributed by atoms with Crippen molar-refractivity contribution in [2.45, 2.75) is 88.5 Å². The molecule has 0 bridgehead atoms. The van der Waals surface area contributed by atoms with Crippen LogP contribution in [0.3, 0.4) is 0 Å². The second-order valence-electron chi connectivity index (χ2n) is 7.23. The first-order valence-corrected chi connectivity index (χ1v) is 10.3. The van der Waals surface area contributed by atoms with Crippen molar-refractivity contribution in [2.24, 2.45) is 11.8 Å². The van der Waals surface area contributed by atoms with Gasteiger partial charge in [0.15, 0.2) is 0 Å². The molecule has 0 spiro atoms. The first kappa shape index (κ1) is 15.0. The maximum atomic E-state index is 12.3. The highest BCUT2D eigenvalue weighted by Crippen LogP contribution is 2.44. The van der Waals surface area contributed by atoms with E-state index in [1.807, 2.05) is 0 Å². The van der Waals surface area contributed by atoms with Gasteiger partial charge >= 0.3 is 0 Å². The highest BCUT2D eigenvalue weighted by molar-refractivity contribution is 7.85. The van der Waals surface area contributed by atoms with E-state index in [4.69, 9.17) is 0 Å². The smallest absolute Gasteiger partial charge is 0.0501 e. The van der Waals surface area contributed by atoms with E-state index in [0.717, 1.165) is 17.6 Å². The zero-order chi connectivity index (χ0) is 13.9. The Balaban J connectivity index is 1.55. The van der Waals surface area contributed by atoms with Crippen LogP contribution in [0, 0.1) is 11.8 Å². The second kappa shape index (κ2) is 6.91. The van der Waals surface area contributed by atoms with Gasteiger partial charge in [0, 0.05) is 28.6 Å². The van der Waals surface area contributed by atoms with Crippen LogP contribution in [0.15, 0.2) is 0 Å². The summed E-state index contributed by atoms with van der Waals surface area (Å²) in [7, 11) is -0.616. The van der Waals surface area contributed by atoms with Gasteiger partial charge in [0.2, 0.25) is 0 Å². The summed E-state index contributed by atoms with van der Waals surface area (Å²) in [6.45, 7) is 2.07. The normalized spacial score (nSPS) is 40.5. The summed E-state index contributed by atoms with van der Waals surface area (Å²) in [6, 6.07) is 1.25. The van der Waals surface area contributed by atoms with E-state index >= 15 is 0 Å². The maximum Gasteiger partial charge on any atom is 0.0501 e. The van der Waals surface area contributed by atoms with Crippen LogP contribution in [0.5, 0.6) is 0 Å². The molecule has 1 N–H and O–H groups in total. The molecule has 3 aliphatic carbocycles. The van der Waals surface area contributed by atoms with E-state index in [2.05, 4.69) is 12.2 Å². The molecule has 0 heterocycles.